The van der Waals surface area contributed by atoms with Crippen LogP contribution in [-0.2, 0) is 4.74 Å². The van der Waals surface area contributed by atoms with Gasteiger partial charge in [0.25, 0.3) is 0 Å². The quantitative estimate of drug-likeness (QED) is 0.530. The first-order valence-corrected chi connectivity index (χ1v) is 13.1. The molecule has 168 valence electrons. The first-order valence-electron chi connectivity index (χ1n) is 13.1. The smallest absolute Gasteiger partial charge is 0.122 e. The number of ether oxygens (including phenoxy) is 1. The molecule has 3 nitrogen and oxygen atoms in total. The average molecular weight is 414 g/mol. The molecule has 30 heavy (non-hydrogen) atoms. The van der Waals surface area contributed by atoms with Crippen molar-refractivity contribution >= 4 is 0 Å². The van der Waals surface area contributed by atoms with Crippen LogP contribution in [0.5, 0.6) is 0 Å². The van der Waals surface area contributed by atoms with Crippen LogP contribution in [0.15, 0.2) is 11.6 Å². The normalized spacial score (nSPS) is 59.8. The average Bonchev–Trinajstić information content (AvgIpc) is 3.16. The van der Waals surface area contributed by atoms with E-state index in [9.17, 15) is 5.11 Å². The highest BCUT2D eigenvalue weighted by atomic mass is 16.5. The maximum Gasteiger partial charge on any atom is 0.122 e. The molecule has 2 aliphatic heterocycles. The van der Waals surface area contributed by atoms with Crippen LogP contribution in [0, 0.1) is 46.3 Å². The van der Waals surface area contributed by atoms with Gasteiger partial charge in [0.05, 0.1) is 12.2 Å². The number of allylic oxidation sites excluding steroid dienone is 1. The molecule has 2 N–H and O–H groups in total. The molecule has 0 radical (unpaired) electrons. The lowest BCUT2D eigenvalue weighted by atomic mass is 9.47. The predicted octanol–water partition coefficient (Wildman–Crippen LogP) is 5.29. The summed E-state index contributed by atoms with van der Waals surface area (Å²) >= 11 is 0. The van der Waals surface area contributed by atoms with Gasteiger partial charge < -0.3 is 9.84 Å². The summed E-state index contributed by atoms with van der Waals surface area (Å²) in [5, 5.41) is 14.1. The SMILES string of the molecule is C[C@@H]1CC[C@@]2(NC1)O[C@H]1C[C@H]3[C@@H]4CC=C5C[C@H](O)CC[C@]5(C)[C@H]4CC[C@]3(C)[C@H]1[C@@H]2C. The highest BCUT2D eigenvalue weighted by Gasteiger charge is 2.68. The van der Waals surface area contributed by atoms with Crippen molar-refractivity contribution in [1.29, 1.82) is 0 Å². The first kappa shape index (κ1) is 20.2. The zero-order valence-electron chi connectivity index (χ0n) is 19.6. The predicted molar refractivity (Wildman–Crippen MR) is 120 cm³/mol. The summed E-state index contributed by atoms with van der Waals surface area (Å²) < 4.78 is 7.00. The van der Waals surface area contributed by atoms with Crippen molar-refractivity contribution in [3.05, 3.63) is 11.6 Å². The van der Waals surface area contributed by atoms with E-state index < -0.39 is 0 Å². The van der Waals surface area contributed by atoms with E-state index in [4.69, 9.17) is 4.74 Å². The van der Waals surface area contributed by atoms with Crippen molar-refractivity contribution in [2.24, 2.45) is 46.3 Å². The van der Waals surface area contributed by atoms with Crippen LogP contribution in [0.3, 0.4) is 0 Å². The van der Waals surface area contributed by atoms with E-state index >= 15 is 0 Å². The van der Waals surface area contributed by atoms with Gasteiger partial charge >= 0.3 is 0 Å². The molecular formula is C27H43NO2. The molecule has 11 atom stereocenters. The Bertz CT molecular complexity index is 739. The molecule has 0 aromatic carbocycles. The van der Waals surface area contributed by atoms with Gasteiger partial charge in [-0.2, -0.15) is 0 Å². The summed E-state index contributed by atoms with van der Waals surface area (Å²) in [6, 6.07) is 0. The van der Waals surface area contributed by atoms with E-state index in [0.717, 1.165) is 49.0 Å². The Hall–Kier alpha value is -0.380. The van der Waals surface area contributed by atoms with Crippen molar-refractivity contribution in [2.75, 3.05) is 6.54 Å². The molecule has 0 aromatic heterocycles. The van der Waals surface area contributed by atoms with Gasteiger partial charge in [0.15, 0.2) is 0 Å². The van der Waals surface area contributed by atoms with E-state index in [0.29, 0.717) is 22.9 Å². The van der Waals surface area contributed by atoms with Gasteiger partial charge in [-0.1, -0.05) is 39.3 Å². The number of hydrogen-bond donors (Lipinski definition) is 2. The Morgan fingerprint density at radius 2 is 1.90 bits per heavy atom. The maximum atomic E-state index is 10.3. The fraction of sp³-hybridized carbons (Fsp3) is 0.926. The van der Waals surface area contributed by atoms with Crippen LogP contribution in [0.2, 0.25) is 0 Å². The summed E-state index contributed by atoms with van der Waals surface area (Å²) in [5.74, 6) is 4.58. The first-order chi connectivity index (χ1) is 14.3. The highest BCUT2D eigenvalue weighted by molar-refractivity contribution is 5.26. The molecule has 0 amide bonds. The zero-order valence-corrected chi connectivity index (χ0v) is 19.6. The third-order valence-electron chi connectivity index (χ3n) is 11.6. The second kappa shape index (κ2) is 6.58. The molecule has 0 unspecified atom stereocenters. The Morgan fingerprint density at radius 3 is 2.67 bits per heavy atom. The molecule has 3 saturated carbocycles. The standard InChI is InChI=1S/C27H43NO2/c1-16-7-12-27(28-15-16)17(2)24-23(30-27)14-22-20-6-5-18-13-19(29)8-10-25(18,3)21(20)9-11-26(22,24)4/h5,16-17,19-24,28-29H,6-15H2,1-4H3/t16-,17+,19-,20-,21+,22+,23+,24+,25+,26+,27-/m1/s1. The molecule has 3 heteroatoms. The van der Waals surface area contributed by atoms with Gasteiger partial charge in [0.2, 0.25) is 0 Å². The fourth-order valence-corrected chi connectivity index (χ4v) is 9.84. The zero-order chi connectivity index (χ0) is 20.9. The lowest BCUT2D eigenvalue weighted by molar-refractivity contribution is -0.115. The van der Waals surface area contributed by atoms with Crippen LogP contribution in [-0.4, -0.2) is 29.6 Å². The van der Waals surface area contributed by atoms with Gasteiger partial charge in [-0.05, 0) is 98.2 Å². The van der Waals surface area contributed by atoms with E-state index in [1.807, 2.05) is 0 Å². The molecule has 6 rings (SSSR count). The number of aliphatic hydroxyl groups is 1. The van der Waals surface area contributed by atoms with Crippen LogP contribution >= 0.6 is 0 Å². The van der Waals surface area contributed by atoms with Gasteiger partial charge in [-0.25, -0.2) is 0 Å². The van der Waals surface area contributed by atoms with Crippen molar-refractivity contribution in [1.82, 2.24) is 5.32 Å². The van der Waals surface area contributed by atoms with Crippen molar-refractivity contribution < 1.29 is 9.84 Å². The number of aliphatic hydroxyl groups excluding tert-OH is 1. The van der Waals surface area contributed by atoms with Gasteiger partial charge in [0.1, 0.15) is 5.72 Å². The second-order valence-electron chi connectivity index (χ2n) is 12.8. The number of piperidine rings is 1. The van der Waals surface area contributed by atoms with Crippen molar-refractivity contribution in [2.45, 2.75) is 103 Å². The Labute approximate surface area is 183 Å². The number of fused-ring (bicyclic) bond motifs is 7. The van der Waals surface area contributed by atoms with Crippen LogP contribution < -0.4 is 5.32 Å². The molecule has 6 aliphatic rings. The molecular weight excluding hydrogens is 370 g/mol. The van der Waals surface area contributed by atoms with Gasteiger partial charge in [-0.15, -0.1) is 0 Å². The maximum absolute atomic E-state index is 10.3. The number of nitrogens with one attached hydrogen (secondary N) is 1. The highest BCUT2D eigenvalue weighted by Crippen LogP contribution is 2.70. The lowest BCUT2D eigenvalue weighted by Crippen LogP contribution is -2.57. The lowest BCUT2D eigenvalue weighted by Gasteiger charge is -2.58. The summed E-state index contributed by atoms with van der Waals surface area (Å²) in [6.45, 7) is 11.2. The van der Waals surface area contributed by atoms with E-state index in [1.165, 1.54) is 44.9 Å². The summed E-state index contributed by atoms with van der Waals surface area (Å²) in [4.78, 5) is 0. The minimum atomic E-state index is -0.100. The van der Waals surface area contributed by atoms with Crippen LogP contribution in [0.25, 0.3) is 0 Å². The Kier molecular flexibility index (Phi) is 4.44. The summed E-state index contributed by atoms with van der Waals surface area (Å²) in [5.41, 5.74) is 2.33. The van der Waals surface area contributed by atoms with Gasteiger partial charge in [-0.3, -0.25) is 5.32 Å². The van der Waals surface area contributed by atoms with Crippen molar-refractivity contribution in [3.8, 4) is 0 Å². The van der Waals surface area contributed by atoms with E-state index in [-0.39, 0.29) is 11.8 Å². The topological polar surface area (TPSA) is 41.5 Å². The third-order valence-corrected chi connectivity index (χ3v) is 11.6. The van der Waals surface area contributed by atoms with Crippen LogP contribution in [0.1, 0.15) is 85.5 Å². The minimum absolute atomic E-state index is 0.0439. The second-order valence-corrected chi connectivity index (χ2v) is 12.8. The molecule has 0 bridgehead atoms. The molecule has 2 saturated heterocycles. The summed E-state index contributed by atoms with van der Waals surface area (Å²) in [6.07, 6.45) is 13.8. The minimum Gasteiger partial charge on any atom is -0.393 e. The third kappa shape index (κ3) is 2.55. The molecule has 4 aliphatic carbocycles. The monoisotopic (exact) mass is 413 g/mol. The Balaban J connectivity index is 1.28. The van der Waals surface area contributed by atoms with E-state index in [2.05, 4.69) is 39.1 Å². The largest absolute Gasteiger partial charge is 0.393 e. The number of hydrogen-bond acceptors (Lipinski definition) is 3. The molecule has 0 aromatic rings. The molecule has 1 spiro atoms. The summed E-state index contributed by atoms with van der Waals surface area (Å²) in [7, 11) is 0. The van der Waals surface area contributed by atoms with E-state index in [1.54, 1.807) is 5.57 Å². The molecule has 5 fully saturated rings. The fourth-order valence-electron chi connectivity index (χ4n) is 9.84. The Morgan fingerprint density at radius 1 is 1.07 bits per heavy atom. The van der Waals surface area contributed by atoms with Crippen molar-refractivity contribution in [3.63, 3.8) is 0 Å². The van der Waals surface area contributed by atoms with Crippen LogP contribution in [0.4, 0.5) is 0 Å². The number of rotatable bonds is 0. The molecule has 2 heterocycles. The van der Waals surface area contributed by atoms with Gasteiger partial charge in [0, 0.05) is 12.5 Å².